The van der Waals surface area contributed by atoms with Gasteiger partial charge in [0.1, 0.15) is 0 Å². The summed E-state index contributed by atoms with van der Waals surface area (Å²) in [4.78, 5) is 2.23. The second-order valence-electron chi connectivity index (χ2n) is 3.68. The van der Waals surface area contributed by atoms with Crippen molar-refractivity contribution in [3.8, 4) is 0 Å². The Bertz CT molecular complexity index is 459. The zero-order valence-electron chi connectivity index (χ0n) is 9.87. The smallest absolute Gasteiger partial charge is 0.0692 e. The van der Waals surface area contributed by atoms with Crippen LogP contribution in [0.15, 0.2) is 58.3 Å². The van der Waals surface area contributed by atoms with Crippen LogP contribution >= 0.6 is 24.2 Å². The molecule has 18 heavy (non-hydrogen) atoms. The average Bonchev–Trinajstić information content (AvgIpc) is 2.40. The third-order valence-corrected chi connectivity index (χ3v) is 3.79. The molecule has 2 rings (SSSR count). The Labute approximate surface area is 118 Å². The van der Waals surface area contributed by atoms with E-state index in [1.54, 1.807) is 11.8 Å². The van der Waals surface area contributed by atoms with Crippen molar-refractivity contribution >= 4 is 24.2 Å². The van der Waals surface area contributed by atoms with Crippen LogP contribution in [-0.2, 0) is 13.2 Å². The van der Waals surface area contributed by atoms with E-state index in [9.17, 15) is 5.11 Å². The lowest BCUT2D eigenvalue weighted by molar-refractivity contribution is 0.279. The monoisotopic (exact) mass is 281 g/mol. The van der Waals surface area contributed by atoms with Crippen molar-refractivity contribution in [2.75, 3.05) is 0 Å². The van der Waals surface area contributed by atoms with Crippen LogP contribution in [0.4, 0.5) is 0 Å². The molecule has 0 spiro atoms. The number of aliphatic hydroxyl groups is 1. The van der Waals surface area contributed by atoms with Gasteiger partial charge in [-0.05, 0) is 23.3 Å². The topological polar surface area (TPSA) is 46.2 Å². The summed E-state index contributed by atoms with van der Waals surface area (Å²) in [7, 11) is 0. The van der Waals surface area contributed by atoms with E-state index in [1.807, 2.05) is 42.5 Å². The van der Waals surface area contributed by atoms with E-state index in [4.69, 9.17) is 5.73 Å². The zero-order valence-corrected chi connectivity index (χ0v) is 11.5. The molecule has 4 heteroatoms. The number of hydrogen-bond acceptors (Lipinski definition) is 3. The van der Waals surface area contributed by atoms with Gasteiger partial charge in [-0.3, -0.25) is 0 Å². The molecule has 0 radical (unpaired) electrons. The Kier molecular flexibility index (Phi) is 6.22. The van der Waals surface area contributed by atoms with E-state index >= 15 is 0 Å². The first-order valence-corrected chi connectivity index (χ1v) is 6.31. The molecule has 96 valence electrons. The summed E-state index contributed by atoms with van der Waals surface area (Å²) in [5.74, 6) is 0. The summed E-state index contributed by atoms with van der Waals surface area (Å²) in [6, 6.07) is 16.0. The maximum absolute atomic E-state index is 9.28. The number of nitrogens with two attached hydrogens (primary N) is 1. The van der Waals surface area contributed by atoms with Gasteiger partial charge in [-0.25, -0.2) is 0 Å². The summed E-state index contributed by atoms with van der Waals surface area (Å²) >= 11 is 1.65. The van der Waals surface area contributed by atoms with Crippen LogP contribution in [0, 0.1) is 0 Å². The minimum absolute atomic E-state index is 0. The Morgan fingerprint density at radius 2 is 1.39 bits per heavy atom. The summed E-state index contributed by atoms with van der Waals surface area (Å²) in [6.45, 7) is 0.596. The van der Waals surface area contributed by atoms with Crippen LogP contribution < -0.4 is 5.73 Å². The number of aliphatic hydroxyl groups excluding tert-OH is 1. The highest BCUT2D eigenvalue weighted by atomic mass is 35.5. The van der Waals surface area contributed by atoms with Crippen LogP contribution in [0.3, 0.4) is 0 Å². The molecule has 2 aromatic rings. The van der Waals surface area contributed by atoms with Crippen molar-refractivity contribution < 1.29 is 5.11 Å². The SMILES string of the molecule is Cl.NCc1ccccc1Sc1ccccc1CO. The lowest BCUT2D eigenvalue weighted by Crippen LogP contribution is -1.98. The zero-order chi connectivity index (χ0) is 12.1. The molecule has 0 saturated heterocycles. The predicted octanol–water partition coefficient (Wildman–Crippen LogP) is 3.21. The highest BCUT2D eigenvalue weighted by molar-refractivity contribution is 7.99. The van der Waals surface area contributed by atoms with Gasteiger partial charge in [-0.15, -0.1) is 12.4 Å². The fraction of sp³-hybridized carbons (Fsp3) is 0.143. The highest BCUT2D eigenvalue weighted by Gasteiger charge is 2.05. The van der Waals surface area contributed by atoms with Gasteiger partial charge in [0, 0.05) is 16.3 Å². The van der Waals surface area contributed by atoms with Gasteiger partial charge in [0.25, 0.3) is 0 Å². The number of halogens is 1. The largest absolute Gasteiger partial charge is 0.392 e. The third kappa shape index (κ3) is 3.50. The molecule has 0 amide bonds. The average molecular weight is 282 g/mol. The van der Waals surface area contributed by atoms with Crippen molar-refractivity contribution in [1.29, 1.82) is 0 Å². The number of hydrogen-bond donors (Lipinski definition) is 2. The second kappa shape index (κ2) is 7.44. The van der Waals surface area contributed by atoms with Gasteiger partial charge < -0.3 is 10.8 Å². The minimum Gasteiger partial charge on any atom is -0.392 e. The van der Waals surface area contributed by atoms with Crippen molar-refractivity contribution in [1.82, 2.24) is 0 Å². The van der Waals surface area contributed by atoms with Gasteiger partial charge in [0.05, 0.1) is 6.61 Å². The maximum Gasteiger partial charge on any atom is 0.0692 e. The van der Waals surface area contributed by atoms with Crippen molar-refractivity contribution in [2.24, 2.45) is 5.73 Å². The Balaban J connectivity index is 0.00000162. The van der Waals surface area contributed by atoms with Crippen LogP contribution in [-0.4, -0.2) is 5.11 Å². The van der Waals surface area contributed by atoms with Crippen LogP contribution in [0.1, 0.15) is 11.1 Å². The lowest BCUT2D eigenvalue weighted by Gasteiger charge is -2.09. The van der Waals surface area contributed by atoms with E-state index in [2.05, 4.69) is 6.07 Å². The van der Waals surface area contributed by atoms with E-state index in [-0.39, 0.29) is 19.0 Å². The molecule has 0 unspecified atom stereocenters. The predicted molar refractivity (Wildman–Crippen MR) is 78.1 cm³/mol. The molecule has 3 N–H and O–H groups in total. The van der Waals surface area contributed by atoms with Crippen molar-refractivity contribution in [2.45, 2.75) is 22.9 Å². The van der Waals surface area contributed by atoms with Gasteiger partial charge >= 0.3 is 0 Å². The number of rotatable bonds is 4. The molecule has 0 aliphatic heterocycles. The Morgan fingerprint density at radius 3 is 1.94 bits per heavy atom. The standard InChI is InChI=1S/C14H15NOS.ClH/c15-9-11-5-1-3-7-13(11)17-14-8-4-2-6-12(14)10-16;/h1-8,16H,9-10,15H2;1H. The van der Waals surface area contributed by atoms with E-state index in [0.717, 1.165) is 20.9 Å². The van der Waals surface area contributed by atoms with E-state index in [0.29, 0.717) is 6.54 Å². The van der Waals surface area contributed by atoms with Crippen LogP contribution in [0.5, 0.6) is 0 Å². The first-order valence-electron chi connectivity index (χ1n) is 5.49. The first-order chi connectivity index (χ1) is 8.35. The number of benzene rings is 2. The highest BCUT2D eigenvalue weighted by Crippen LogP contribution is 2.32. The molecule has 0 atom stereocenters. The molecular weight excluding hydrogens is 266 g/mol. The normalized spacial score (nSPS) is 9.89. The molecule has 0 aliphatic carbocycles. The summed E-state index contributed by atoms with van der Waals surface area (Å²) < 4.78 is 0. The summed E-state index contributed by atoms with van der Waals surface area (Å²) in [5.41, 5.74) is 7.79. The lowest BCUT2D eigenvalue weighted by atomic mass is 10.2. The Morgan fingerprint density at radius 1 is 0.889 bits per heavy atom. The van der Waals surface area contributed by atoms with Crippen LogP contribution in [0.25, 0.3) is 0 Å². The second-order valence-corrected chi connectivity index (χ2v) is 4.76. The third-order valence-electron chi connectivity index (χ3n) is 2.56. The molecule has 0 fully saturated rings. The van der Waals surface area contributed by atoms with Gasteiger partial charge in [0.15, 0.2) is 0 Å². The van der Waals surface area contributed by atoms with Gasteiger partial charge in [-0.1, -0.05) is 48.2 Å². The van der Waals surface area contributed by atoms with Crippen LogP contribution in [0.2, 0.25) is 0 Å². The quantitative estimate of drug-likeness (QED) is 0.905. The molecule has 0 aliphatic rings. The fourth-order valence-electron chi connectivity index (χ4n) is 1.62. The van der Waals surface area contributed by atoms with Crippen molar-refractivity contribution in [3.05, 3.63) is 59.7 Å². The van der Waals surface area contributed by atoms with Crippen molar-refractivity contribution in [3.63, 3.8) is 0 Å². The molecule has 0 bridgehead atoms. The first kappa shape index (κ1) is 15.1. The molecular formula is C14H16ClNOS. The summed E-state index contributed by atoms with van der Waals surface area (Å²) in [5, 5.41) is 9.28. The maximum atomic E-state index is 9.28. The molecule has 2 nitrogen and oxygen atoms in total. The molecule has 0 saturated carbocycles. The minimum atomic E-state index is 0. The van der Waals surface area contributed by atoms with Gasteiger partial charge in [-0.2, -0.15) is 0 Å². The van der Waals surface area contributed by atoms with E-state index in [1.165, 1.54) is 0 Å². The summed E-state index contributed by atoms with van der Waals surface area (Å²) in [6.07, 6.45) is 0. The molecule has 0 heterocycles. The van der Waals surface area contributed by atoms with E-state index < -0.39 is 0 Å². The van der Waals surface area contributed by atoms with Gasteiger partial charge in [0.2, 0.25) is 0 Å². The molecule has 0 aromatic heterocycles. The Hall–Kier alpha value is -1.00. The molecule has 2 aromatic carbocycles. The fourth-order valence-corrected chi connectivity index (χ4v) is 2.70.